The molecule has 0 unspecified atom stereocenters. The van der Waals surface area contributed by atoms with E-state index in [1.165, 1.54) is 6.07 Å². The zero-order chi connectivity index (χ0) is 23.8. The molecule has 0 aliphatic rings. The predicted octanol–water partition coefficient (Wildman–Crippen LogP) is 5.16. The van der Waals surface area contributed by atoms with Gasteiger partial charge in [0, 0.05) is 29.7 Å². The Balaban J connectivity index is 1.79. The number of ketones is 1. The molecule has 3 rings (SSSR count). The molecule has 0 aromatic heterocycles. The van der Waals surface area contributed by atoms with Gasteiger partial charge in [0.1, 0.15) is 0 Å². The first-order chi connectivity index (χ1) is 15.8. The molecule has 0 radical (unpaired) electrons. The molecule has 33 heavy (non-hydrogen) atoms. The van der Waals surface area contributed by atoms with Crippen molar-refractivity contribution in [2.45, 2.75) is 30.6 Å². The van der Waals surface area contributed by atoms with Gasteiger partial charge in [-0.25, -0.2) is 13.1 Å². The van der Waals surface area contributed by atoms with Crippen molar-refractivity contribution >= 4 is 33.4 Å². The van der Waals surface area contributed by atoms with Crippen molar-refractivity contribution in [1.29, 1.82) is 0 Å². The Bertz CT molecular complexity index is 1240. The number of carboxylic acids is 1. The molecule has 0 heterocycles. The van der Waals surface area contributed by atoms with Crippen molar-refractivity contribution in [1.82, 2.24) is 4.72 Å². The van der Waals surface area contributed by atoms with Crippen molar-refractivity contribution in [3.05, 3.63) is 88.9 Å². The second-order valence-corrected chi connectivity index (χ2v) is 9.63. The summed E-state index contributed by atoms with van der Waals surface area (Å²) in [4.78, 5) is 23.4. The minimum atomic E-state index is -3.80. The van der Waals surface area contributed by atoms with Crippen molar-refractivity contribution in [3.8, 4) is 11.1 Å². The highest BCUT2D eigenvalue weighted by Crippen LogP contribution is 2.31. The lowest BCUT2D eigenvalue weighted by molar-refractivity contribution is -0.137. The van der Waals surface area contributed by atoms with Crippen LogP contribution < -0.4 is 4.72 Å². The molecule has 0 amide bonds. The number of halogens is 1. The highest BCUT2D eigenvalue weighted by molar-refractivity contribution is 7.89. The molecule has 0 saturated carbocycles. The molecule has 3 aromatic rings. The molecule has 8 heteroatoms. The lowest BCUT2D eigenvalue weighted by atomic mass is 9.99. The van der Waals surface area contributed by atoms with Gasteiger partial charge in [-0.3, -0.25) is 9.59 Å². The standard InChI is InChI=1S/C25H24ClNO5S/c26-22-17-19(14-15-21(22)25(30)18-9-3-1-4-10-18)20-11-6-7-12-23(20)33(31,32)27-16-8-2-5-13-24(28)29/h1,3-4,6-7,9-12,14-15,17,27H,2,5,8,13,16H2,(H,28,29). The van der Waals surface area contributed by atoms with Crippen LogP contribution in [0.25, 0.3) is 11.1 Å². The summed E-state index contributed by atoms with van der Waals surface area (Å²) in [7, 11) is -3.80. The molecule has 0 atom stereocenters. The quantitative estimate of drug-likeness (QED) is 0.288. The Morgan fingerprint density at radius 3 is 2.27 bits per heavy atom. The van der Waals surface area contributed by atoms with E-state index in [4.69, 9.17) is 16.7 Å². The summed E-state index contributed by atoms with van der Waals surface area (Å²) in [5.41, 5.74) is 1.90. The van der Waals surface area contributed by atoms with Crippen LogP contribution in [0.5, 0.6) is 0 Å². The molecule has 0 bridgehead atoms. The highest BCUT2D eigenvalue weighted by Gasteiger charge is 2.20. The van der Waals surface area contributed by atoms with Gasteiger partial charge in [-0.2, -0.15) is 0 Å². The van der Waals surface area contributed by atoms with E-state index in [1.807, 2.05) is 6.07 Å². The number of carbonyl (C=O) groups is 2. The van der Waals surface area contributed by atoms with E-state index in [1.54, 1.807) is 60.7 Å². The molecule has 6 nitrogen and oxygen atoms in total. The maximum atomic E-state index is 12.9. The fourth-order valence-electron chi connectivity index (χ4n) is 3.41. The largest absolute Gasteiger partial charge is 0.481 e. The number of carboxylic acid groups (broad SMARTS) is 1. The van der Waals surface area contributed by atoms with Gasteiger partial charge in [0.15, 0.2) is 5.78 Å². The van der Waals surface area contributed by atoms with Crippen LogP contribution in [-0.2, 0) is 14.8 Å². The number of aliphatic carboxylic acids is 1. The van der Waals surface area contributed by atoms with Crippen LogP contribution in [-0.4, -0.2) is 31.8 Å². The molecular weight excluding hydrogens is 462 g/mol. The van der Waals surface area contributed by atoms with Crippen molar-refractivity contribution < 1.29 is 23.1 Å². The van der Waals surface area contributed by atoms with Crippen molar-refractivity contribution in [2.24, 2.45) is 0 Å². The second-order valence-electron chi connectivity index (χ2n) is 7.49. The molecule has 0 aliphatic carbocycles. The van der Waals surface area contributed by atoms with Crippen LogP contribution in [0.3, 0.4) is 0 Å². The van der Waals surface area contributed by atoms with E-state index in [-0.39, 0.29) is 28.7 Å². The Hall–Kier alpha value is -3.00. The molecule has 2 N–H and O–H groups in total. The maximum absolute atomic E-state index is 12.9. The molecule has 0 fully saturated rings. The third-order valence-electron chi connectivity index (χ3n) is 5.10. The summed E-state index contributed by atoms with van der Waals surface area (Å²) >= 11 is 6.42. The average molecular weight is 486 g/mol. The van der Waals surface area contributed by atoms with Gasteiger partial charge >= 0.3 is 5.97 Å². The number of hydrogen-bond acceptors (Lipinski definition) is 4. The first-order valence-corrected chi connectivity index (χ1v) is 12.4. The zero-order valence-corrected chi connectivity index (χ0v) is 19.4. The topological polar surface area (TPSA) is 101 Å². The van der Waals surface area contributed by atoms with E-state index >= 15 is 0 Å². The second kappa shape index (κ2) is 11.2. The molecule has 0 spiro atoms. The van der Waals surface area contributed by atoms with Gasteiger partial charge in [0.25, 0.3) is 0 Å². The summed E-state index contributed by atoms with van der Waals surface area (Å²) in [6, 6.07) is 20.2. The summed E-state index contributed by atoms with van der Waals surface area (Å²) < 4.78 is 28.4. The number of hydrogen-bond donors (Lipinski definition) is 2. The predicted molar refractivity (Wildman–Crippen MR) is 128 cm³/mol. The highest BCUT2D eigenvalue weighted by atomic mass is 35.5. The zero-order valence-electron chi connectivity index (χ0n) is 17.8. The monoisotopic (exact) mass is 485 g/mol. The Labute approximate surface area is 198 Å². The minimum Gasteiger partial charge on any atom is -0.481 e. The van der Waals surface area contributed by atoms with E-state index in [2.05, 4.69) is 4.72 Å². The number of nitrogens with one attached hydrogen (secondary N) is 1. The number of benzene rings is 3. The first kappa shape index (κ1) is 24.6. The fourth-order valence-corrected chi connectivity index (χ4v) is 4.98. The summed E-state index contributed by atoms with van der Waals surface area (Å²) in [5.74, 6) is -1.07. The molecule has 172 valence electrons. The smallest absolute Gasteiger partial charge is 0.303 e. The van der Waals surface area contributed by atoms with Crippen LogP contribution in [0.2, 0.25) is 5.02 Å². The lowest BCUT2D eigenvalue weighted by Crippen LogP contribution is -2.25. The molecular formula is C25H24ClNO5S. The Kier molecular flexibility index (Phi) is 8.38. The van der Waals surface area contributed by atoms with E-state index < -0.39 is 16.0 Å². The van der Waals surface area contributed by atoms with Gasteiger partial charge in [0.2, 0.25) is 10.0 Å². The SMILES string of the molecule is O=C(O)CCCCCNS(=O)(=O)c1ccccc1-c1ccc(C(=O)c2ccccc2)c(Cl)c1. The van der Waals surface area contributed by atoms with Crippen LogP contribution in [0, 0.1) is 0 Å². The normalized spacial score (nSPS) is 11.3. The number of carbonyl (C=O) groups excluding carboxylic acids is 1. The number of rotatable bonds is 11. The molecule has 3 aromatic carbocycles. The van der Waals surface area contributed by atoms with Gasteiger partial charge in [0.05, 0.1) is 9.92 Å². The minimum absolute atomic E-state index is 0.0686. The van der Waals surface area contributed by atoms with E-state index in [0.29, 0.717) is 41.5 Å². The summed E-state index contributed by atoms with van der Waals surface area (Å²) in [6.45, 7) is 0.210. The van der Waals surface area contributed by atoms with E-state index in [9.17, 15) is 18.0 Å². The third kappa shape index (κ3) is 6.51. The summed E-state index contributed by atoms with van der Waals surface area (Å²) in [6.07, 6.45) is 1.72. The van der Waals surface area contributed by atoms with Crippen molar-refractivity contribution in [3.63, 3.8) is 0 Å². The Morgan fingerprint density at radius 1 is 0.879 bits per heavy atom. The van der Waals surface area contributed by atoms with Crippen LogP contribution in [0.15, 0.2) is 77.7 Å². The first-order valence-electron chi connectivity index (χ1n) is 10.5. The maximum Gasteiger partial charge on any atom is 0.303 e. The fraction of sp³-hybridized carbons (Fsp3) is 0.200. The lowest BCUT2D eigenvalue weighted by Gasteiger charge is -2.13. The Morgan fingerprint density at radius 2 is 1.58 bits per heavy atom. The van der Waals surface area contributed by atoms with Gasteiger partial charge < -0.3 is 5.11 Å². The van der Waals surface area contributed by atoms with Gasteiger partial charge in [-0.15, -0.1) is 0 Å². The van der Waals surface area contributed by atoms with E-state index in [0.717, 1.165) is 0 Å². The average Bonchev–Trinajstić information content (AvgIpc) is 2.81. The number of sulfonamides is 1. The van der Waals surface area contributed by atoms with Crippen LogP contribution >= 0.6 is 11.6 Å². The summed E-state index contributed by atoms with van der Waals surface area (Å²) in [5, 5.41) is 8.91. The number of unbranched alkanes of at least 4 members (excludes halogenated alkanes) is 2. The third-order valence-corrected chi connectivity index (χ3v) is 6.93. The molecule has 0 aliphatic heterocycles. The van der Waals surface area contributed by atoms with Crippen LogP contribution in [0.4, 0.5) is 0 Å². The molecule has 0 saturated heterocycles. The van der Waals surface area contributed by atoms with Gasteiger partial charge in [-0.05, 0) is 36.6 Å². The van der Waals surface area contributed by atoms with Crippen molar-refractivity contribution in [2.75, 3.05) is 6.54 Å². The van der Waals surface area contributed by atoms with Gasteiger partial charge in [-0.1, -0.05) is 72.6 Å². The van der Waals surface area contributed by atoms with Crippen LogP contribution in [0.1, 0.15) is 41.6 Å².